The van der Waals surface area contributed by atoms with Crippen LogP contribution in [-0.2, 0) is 11.2 Å². The molecule has 13 heteroatoms. The van der Waals surface area contributed by atoms with Crippen LogP contribution in [0.4, 0.5) is 5.82 Å². The maximum atomic E-state index is 13.1. The average Bonchev–Trinajstić information content (AvgIpc) is 3.73. The highest BCUT2D eigenvalue weighted by molar-refractivity contribution is 6.32. The van der Waals surface area contributed by atoms with Crippen LogP contribution in [0.1, 0.15) is 23.0 Å². The molecule has 0 aliphatic carbocycles. The maximum absolute atomic E-state index is 13.1. The first kappa shape index (κ1) is 26.1. The average molecular weight is 583 g/mol. The van der Waals surface area contributed by atoms with Gasteiger partial charge in [-0.3, -0.25) is 9.89 Å². The fourth-order valence-electron chi connectivity index (χ4n) is 4.38. The molecule has 5 N–H and O–H groups in total. The lowest BCUT2D eigenvalue weighted by Crippen LogP contribution is -2.29. The van der Waals surface area contributed by atoms with Gasteiger partial charge in [0.1, 0.15) is 23.0 Å². The van der Waals surface area contributed by atoms with E-state index in [0.29, 0.717) is 45.2 Å². The Balaban J connectivity index is 1.31. The molecule has 0 aliphatic heterocycles. The number of anilines is 1. The van der Waals surface area contributed by atoms with Gasteiger partial charge < -0.3 is 16.0 Å². The highest BCUT2D eigenvalue weighted by Gasteiger charge is 2.21. The van der Waals surface area contributed by atoms with Gasteiger partial charge in [0, 0.05) is 21.9 Å². The predicted octanol–water partition coefficient (Wildman–Crippen LogP) is 4.27. The quantitative estimate of drug-likeness (QED) is 0.213. The Hall–Kier alpha value is -5.18. The summed E-state index contributed by atoms with van der Waals surface area (Å²) in [6.45, 7) is 0. The molecule has 0 unspecified atom stereocenters. The van der Waals surface area contributed by atoms with Crippen LogP contribution >= 0.6 is 23.2 Å². The summed E-state index contributed by atoms with van der Waals surface area (Å²) >= 11 is 12.8. The molecular formula is C28H20Cl2N10O. The van der Waals surface area contributed by atoms with Crippen LogP contribution in [0, 0.1) is 11.8 Å². The van der Waals surface area contributed by atoms with E-state index in [1.165, 1.54) is 11.0 Å². The van der Waals surface area contributed by atoms with E-state index in [0.717, 1.165) is 22.0 Å². The topological polar surface area (TPSA) is 156 Å². The minimum Gasteiger partial charge on any atom is -0.382 e. The number of nitrogens with two attached hydrogens (primary N) is 1. The normalized spacial score (nSPS) is 11.7. The van der Waals surface area contributed by atoms with Gasteiger partial charge in [-0.05, 0) is 52.7 Å². The van der Waals surface area contributed by atoms with Gasteiger partial charge in [0.05, 0.1) is 22.8 Å². The Labute approximate surface area is 243 Å². The van der Waals surface area contributed by atoms with Crippen LogP contribution in [0.15, 0.2) is 73.1 Å². The number of nitrogen functional groups attached to an aromatic ring is 1. The molecule has 0 saturated heterocycles. The summed E-state index contributed by atoms with van der Waals surface area (Å²) in [7, 11) is 0. The molecule has 6 rings (SSSR count). The van der Waals surface area contributed by atoms with Crippen molar-refractivity contribution in [2.24, 2.45) is 0 Å². The lowest BCUT2D eigenvalue weighted by molar-refractivity contribution is -0.116. The first-order valence-corrected chi connectivity index (χ1v) is 13.1. The minimum atomic E-state index is -0.560. The zero-order valence-corrected chi connectivity index (χ0v) is 22.6. The summed E-state index contributed by atoms with van der Waals surface area (Å²) < 4.78 is 1.44. The van der Waals surface area contributed by atoms with Gasteiger partial charge in [-0.15, -0.1) is 5.10 Å². The monoisotopic (exact) mass is 582 g/mol. The minimum absolute atomic E-state index is 0.329. The number of nitrogens with zero attached hydrogens (tertiary/aromatic N) is 6. The van der Waals surface area contributed by atoms with Crippen LogP contribution in [0.25, 0.3) is 27.8 Å². The van der Waals surface area contributed by atoms with Crippen LogP contribution < -0.4 is 11.1 Å². The Morgan fingerprint density at radius 3 is 2.76 bits per heavy atom. The van der Waals surface area contributed by atoms with Gasteiger partial charge in [0.2, 0.25) is 0 Å². The van der Waals surface area contributed by atoms with Gasteiger partial charge in [-0.2, -0.15) is 9.78 Å². The van der Waals surface area contributed by atoms with Crippen LogP contribution in [0.5, 0.6) is 0 Å². The van der Waals surface area contributed by atoms with E-state index in [2.05, 4.69) is 47.9 Å². The molecule has 3 aromatic carbocycles. The molecule has 11 nitrogen and oxygen atoms in total. The SMILES string of the molecule is Nc1n[nH]c2cc(-c3nc([C@H](Cc4ccccc4)NC(=O)C#Cc4cc(Cl)ccc4-n4cnnn4)[nH]c3Cl)ccc12. The van der Waals surface area contributed by atoms with Crippen molar-refractivity contribution in [2.75, 3.05) is 5.73 Å². The molecule has 0 spiro atoms. The van der Waals surface area contributed by atoms with E-state index in [4.69, 9.17) is 33.9 Å². The van der Waals surface area contributed by atoms with E-state index in [9.17, 15) is 4.79 Å². The Morgan fingerprint density at radius 1 is 1.10 bits per heavy atom. The summed E-state index contributed by atoms with van der Waals surface area (Å²) in [5.41, 5.74) is 10.0. The number of hydrogen-bond donors (Lipinski definition) is 4. The smallest absolute Gasteiger partial charge is 0.296 e. The number of aromatic nitrogens is 8. The molecule has 0 aliphatic rings. The molecule has 6 aromatic rings. The second kappa shape index (κ2) is 11.1. The highest BCUT2D eigenvalue weighted by atomic mass is 35.5. The number of rotatable bonds is 6. The number of H-pyrrole nitrogens is 2. The second-order valence-electron chi connectivity index (χ2n) is 9.04. The third kappa shape index (κ3) is 5.60. The largest absolute Gasteiger partial charge is 0.382 e. The lowest BCUT2D eigenvalue weighted by Gasteiger charge is -2.15. The molecule has 41 heavy (non-hydrogen) atoms. The summed E-state index contributed by atoms with van der Waals surface area (Å²) in [6, 6.07) is 19.8. The van der Waals surface area contributed by atoms with E-state index in [-0.39, 0.29) is 0 Å². The van der Waals surface area contributed by atoms with Crippen molar-refractivity contribution in [3.63, 3.8) is 0 Å². The lowest BCUT2D eigenvalue weighted by atomic mass is 10.1. The molecule has 202 valence electrons. The van der Waals surface area contributed by atoms with Gasteiger partial charge in [-0.1, -0.05) is 65.5 Å². The van der Waals surface area contributed by atoms with Gasteiger partial charge in [0.25, 0.3) is 5.91 Å². The number of carbonyl (C=O) groups excluding carboxylic acids is 1. The van der Waals surface area contributed by atoms with Crippen molar-refractivity contribution < 1.29 is 4.79 Å². The number of nitrogens with one attached hydrogen (secondary N) is 3. The standard InChI is InChI=1S/C28H20Cl2N10O/c29-19-8-10-23(40-15-32-38-39-40)17(13-19)7-11-24(41)33-22(12-16-4-2-1-3-5-16)28-34-25(26(30)35-28)18-6-9-20-21(14-18)36-37-27(20)31/h1-6,8-10,13-15,22H,12H2,(H,33,41)(H,34,35)(H3,31,36,37)/t22-/m0/s1. The molecule has 1 amide bonds. The number of tetrazole rings is 1. The zero-order valence-electron chi connectivity index (χ0n) is 21.1. The van der Waals surface area contributed by atoms with Crippen molar-refractivity contribution in [1.82, 2.24) is 45.7 Å². The highest BCUT2D eigenvalue weighted by Crippen LogP contribution is 2.31. The van der Waals surface area contributed by atoms with E-state index >= 15 is 0 Å². The molecule has 0 bridgehead atoms. The summed E-state index contributed by atoms with van der Waals surface area (Å²) in [5, 5.41) is 22.7. The van der Waals surface area contributed by atoms with Crippen LogP contribution in [0.2, 0.25) is 10.2 Å². The number of carbonyl (C=O) groups is 1. The number of fused-ring (bicyclic) bond motifs is 1. The number of aromatic amines is 2. The fraction of sp³-hybridized carbons (Fsp3) is 0.0714. The van der Waals surface area contributed by atoms with E-state index < -0.39 is 11.9 Å². The van der Waals surface area contributed by atoms with E-state index in [1.807, 2.05) is 48.5 Å². The molecule has 3 heterocycles. The second-order valence-corrected chi connectivity index (χ2v) is 9.85. The van der Waals surface area contributed by atoms with Crippen LogP contribution in [0.3, 0.4) is 0 Å². The van der Waals surface area contributed by atoms with Crippen LogP contribution in [-0.4, -0.2) is 46.3 Å². The third-order valence-electron chi connectivity index (χ3n) is 6.33. The van der Waals surface area contributed by atoms with Gasteiger partial charge >= 0.3 is 0 Å². The van der Waals surface area contributed by atoms with Crippen molar-refractivity contribution in [3.05, 3.63) is 100 Å². The van der Waals surface area contributed by atoms with Crippen molar-refractivity contribution >= 4 is 45.8 Å². The Morgan fingerprint density at radius 2 is 1.95 bits per heavy atom. The zero-order chi connectivity index (χ0) is 28.3. The fourth-order valence-corrected chi connectivity index (χ4v) is 4.80. The van der Waals surface area contributed by atoms with E-state index in [1.54, 1.807) is 18.2 Å². The first-order chi connectivity index (χ1) is 19.9. The Bertz CT molecular complexity index is 1920. The molecular weight excluding hydrogens is 563 g/mol. The number of hydrogen-bond acceptors (Lipinski definition) is 7. The molecule has 3 aromatic heterocycles. The van der Waals surface area contributed by atoms with Crippen molar-refractivity contribution in [1.29, 1.82) is 0 Å². The van der Waals surface area contributed by atoms with Crippen molar-refractivity contribution in [3.8, 4) is 28.8 Å². The number of amides is 1. The molecule has 0 fully saturated rings. The number of benzene rings is 3. The van der Waals surface area contributed by atoms with Gasteiger partial charge in [-0.25, -0.2) is 4.98 Å². The summed E-state index contributed by atoms with van der Waals surface area (Å²) in [6.07, 6.45) is 1.88. The molecule has 1 atom stereocenters. The van der Waals surface area contributed by atoms with Gasteiger partial charge in [0.15, 0.2) is 5.82 Å². The first-order valence-electron chi connectivity index (χ1n) is 12.3. The third-order valence-corrected chi connectivity index (χ3v) is 6.84. The Kier molecular flexibility index (Phi) is 7.08. The molecule has 0 saturated carbocycles. The number of imidazole rings is 1. The predicted molar refractivity (Wildman–Crippen MR) is 155 cm³/mol. The molecule has 0 radical (unpaired) electrons. The maximum Gasteiger partial charge on any atom is 0.296 e. The number of halogens is 2. The van der Waals surface area contributed by atoms with Crippen molar-refractivity contribution in [2.45, 2.75) is 12.5 Å². The summed E-state index contributed by atoms with van der Waals surface area (Å²) in [4.78, 5) is 21.0. The summed E-state index contributed by atoms with van der Waals surface area (Å²) in [5.74, 6) is 5.91.